The van der Waals surface area contributed by atoms with Crippen molar-refractivity contribution >= 4 is 11.8 Å². The molecule has 0 saturated carbocycles. The number of rotatable bonds is 3. The molecular formula is C20H17N5O2. The van der Waals surface area contributed by atoms with E-state index in [9.17, 15) is 5.26 Å². The molecule has 134 valence electrons. The van der Waals surface area contributed by atoms with Crippen molar-refractivity contribution in [1.82, 2.24) is 9.97 Å². The van der Waals surface area contributed by atoms with Crippen LogP contribution in [0.4, 0.5) is 11.8 Å². The predicted octanol–water partition coefficient (Wildman–Crippen LogP) is 2.89. The van der Waals surface area contributed by atoms with Gasteiger partial charge in [0.1, 0.15) is 17.5 Å². The van der Waals surface area contributed by atoms with Gasteiger partial charge in [0, 0.05) is 11.1 Å². The highest BCUT2D eigenvalue weighted by atomic mass is 16.7. The van der Waals surface area contributed by atoms with Crippen LogP contribution in [0.25, 0.3) is 22.4 Å². The molecule has 7 heteroatoms. The molecule has 1 aromatic heterocycles. The SMILES string of the molecule is N#Cc1c(N)nc(N)nc1-c1ccc(-c2ccc(C3OCCO3)cc2)cc1. The average molecular weight is 359 g/mol. The predicted molar refractivity (Wildman–Crippen MR) is 101 cm³/mol. The van der Waals surface area contributed by atoms with E-state index in [4.69, 9.17) is 20.9 Å². The van der Waals surface area contributed by atoms with Gasteiger partial charge in [-0.3, -0.25) is 0 Å². The van der Waals surface area contributed by atoms with Crippen molar-refractivity contribution in [2.45, 2.75) is 6.29 Å². The van der Waals surface area contributed by atoms with Crippen molar-refractivity contribution in [2.75, 3.05) is 24.7 Å². The Labute approximate surface area is 156 Å². The van der Waals surface area contributed by atoms with E-state index in [1.807, 2.05) is 54.6 Å². The van der Waals surface area contributed by atoms with Crippen LogP contribution < -0.4 is 11.5 Å². The largest absolute Gasteiger partial charge is 0.382 e. The van der Waals surface area contributed by atoms with Crippen LogP contribution in [0.5, 0.6) is 0 Å². The Morgan fingerprint density at radius 1 is 0.852 bits per heavy atom. The molecule has 4 N–H and O–H groups in total. The van der Waals surface area contributed by atoms with Crippen LogP contribution in [0.15, 0.2) is 48.5 Å². The lowest BCUT2D eigenvalue weighted by Gasteiger charge is -2.11. The first-order valence-corrected chi connectivity index (χ1v) is 8.43. The lowest BCUT2D eigenvalue weighted by atomic mass is 10.00. The topological polar surface area (TPSA) is 120 Å². The van der Waals surface area contributed by atoms with E-state index in [1.54, 1.807) is 0 Å². The lowest BCUT2D eigenvalue weighted by Crippen LogP contribution is -2.04. The fourth-order valence-electron chi connectivity index (χ4n) is 3.02. The van der Waals surface area contributed by atoms with Crippen LogP contribution in [0.2, 0.25) is 0 Å². The fourth-order valence-corrected chi connectivity index (χ4v) is 3.02. The van der Waals surface area contributed by atoms with Gasteiger partial charge < -0.3 is 20.9 Å². The number of nitrogen functional groups attached to an aromatic ring is 2. The Balaban J connectivity index is 1.62. The molecule has 0 amide bonds. The van der Waals surface area contributed by atoms with Gasteiger partial charge in [0.25, 0.3) is 0 Å². The molecule has 1 aliphatic heterocycles. The molecule has 4 rings (SSSR count). The van der Waals surface area contributed by atoms with E-state index in [2.05, 4.69) is 9.97 Å². The molecule has 0 radical (unpaired) electrons. The summed E-state index contributed by atoms with van der Waals surface area (Å²) in [6.45, 7) is 1.24. The third-order valence-electron chi connectivity index (χ3n) is 4.36. The highest BCUT2D eigenvalue weighted by Gasteiger charge is 2.18. The molecule has 0 atom stereocenters. The van der Waals surface area contributed by atoms with Crippen molar-refractivity contribution < 1.29 is 9.47 Å². The van der Waals surface area contributed by atoms with E-state index in [0.717, 1.165) is 22.3 Å². The van der Waals surface area contributed by atoms with Gasteiger partial charge in [-0.15, -0.1) is 0 Å². The van der Waals surface area contributed by atoms with Crippen molar-refractivity contribution in [3.8, 4) is 28.5 Å². The minimum Gasteiger partial charge on any atom is -0.382 e. The quantitative estimate of drug-likeness (QED) is 0.737. The number of ether oxygens (including phenoxy) is 2. The van der Waals surface area contributed by atoms with Gasteiger partial charge in [0.05, 0.1) is 18.9 Å². The van der Waals surface area contributed by atoms with Crippen LogP contribution >= 0.6 is 0 Å². The maximum Gasteiger partial charge on any atom is 0.222 e. The van der Waals surface area contributed by atoms with Gasteiger partial charge in [-0.1, -0.05) is 48.5 Å². The third-order valence-corrected chi connectivity index (χ3v) is 4.36. The molecule has 2 heterocycles. The van der Waals surface area contributed by atoms with Crippen molar-refractivity contribution in [2.24, 2.45) is 0 Å². The van der Waals surface area contributed by atoms with E-state index in [0.29, 0.717) is 18.9 Å². The highest BCUT2D eigenvalue weighted by molar-refractivity contribution is 5.75. The Hall–Kier alpha value is -3.47. The number of hydrogen-bond acceptors (Lipinski definition) is 7. The molecule has 1 aliphatic rings. The summed E-state index contributed by atoms with van der Waals surface area (Å²) in [5, 5.41) is 9.33. The summed E-state index contributed by atoms with van der Waals surface area (Å²) < 4.78 is 11.0. The van der Waals surface area contributed by atoms with Crippen LogP contribution in [-0.2, 0) is 9.47 Å². The zero-order valence-electron chi connectivity index (χ0n) is 14.4. The normalized spacial score (nSPS) is 14.2. The second kappa shape index (κ2) is 7.03. The number of hydrogen-bond donors (Lipinski definition) is 2. The zero-order chi connectivity index (χ0) is 18.8. The molecule has 0 bridgehead atoms. The van der Waals surface area contributed by atoms with Crippen LogP contribution in [-0.4, -0.2) is 23.2 Å². The summed E-state index contributed by atoms with van der Waals surface area (Å²) in [6, 6.07) is 17.8. The van der Waals surface area contributed by atoms with Crippen LogP contribution in [0.1, 0.15) is 17.4 Å². The summed E-state index contributed by atoms with van der Waals surface area (Å²) in [7, 11) is 0. The van der Waals surface area contributed by atoms with Crippen molar-refractivity contribution in [3.05, 3.63) is 59.7 Å². The zero-order valence-corrected chi connectivity index (χ0v) is 14.4. The van der Waals surface area contributed by atoms with Gasteiger partial charge in [0.15, 0.2) is 6.29 Å². The first kappa shape index (κ1) is 17.0. The Morgan fingerprint density at radius 2 is 1.41 bits per heavy atom. The summed E-state index contributed by atoms with van der Waals surface area (Å²) in [5.41, 5.74) is 16.0. The highest BCUT2D eigenvalue weighted by Crippen LogP contribution is 2.29. The third kappa shape index (κ3) is 3.31. The van der Waals surface area contributed by atoms with E-state index in [-0.39, 0.29) is 23.6 Å². The molecule has 1 fully saturated rings. The Morgan fingerprint density at radius 3 is 2.00 bits per heavy atom. The molecule has 0 aliphatic carbocycles. The van der Waals surface area contributed by atoms with Gasteiger partial charge in [-0.25, -0.2) is 4.98 Å². The summed E-state index contributed by atoms with van der Waals surface area (Å²) >= 11 is 0. The van der Waals surface area contributed by atoms with E-state index < -0.39 is 0 Å². The monoisotopic (exact) mass is 359 g/mol. The second-order valence-corrected chi connectivity index (χ2v) is 6.08. The Kier molecular flexibility index (Phi) is 4.42. The number of benzene rings is 2. The second-order valence-electron chi connectivity index (χ2n) is 6.08. The van der Waals surface area contributed by atoms with Gasteiger partial charge in [-0.05, 0) is 11.1 Å². The number of nitriles is 1. The van der Waals surface area contributed by atoms with Gasteiger partial charge in [0.2, 0.25) is 5.95 Å². The standard InChI is InChI=1S/C20H17N5O2/c21-11-16-17(24-20(23)25-18(16)22)14-5-1-12(2-6-14)13-3-7-15(8-4-13)19-26-9-10-27-19/h1-8,19H,9-10H2,(H4,22,23,24,25). The number of nitrogens with two attached hydrogens (primary N) is 2. The minimum absolute atomic E-state index is 0.0394. The number of aromatic nitrogens is 2. The number of nitrogens with zero attached hydrogens (tertiary/aromatic N) is 3. The van der Waals surface area contributed by atoms with Gasteiger partial charge in [-0.2, -0.15) is 10.2 Å². The van der Waals surface area contributed by atoms with Crippen LogP contribution in [0, 0.1) is 11.3 Å². The molecule has 1 saturated heterocycles. The Bertz CT molecular complexity index is 1000. The summed E-state index contributed by atoms with van der Waals surface area (Å²) in [4.78, 5) is 8.01. The lowest BCUT2D eigenvalue weighted by molar-refractivity contribution is -0.0441. The first-order chi connectivity index (χ1) is 13.2. The van der Waals surface area contributed by atoms with Crippen molar-refractivity contribution in [1.29, 1.82) is 5.26 Å². The smallest absolute Gasteiger partial charge is 0.222 e. The maximum absolute atomic E-state index is 9.33. The van der Waals surface area contributed by atoms with E-state index >= 15 is 0 Å². The van der Waals surface area contributed by atoms with Crippen LogP contribution in [0.3, 0.4) is 0 Å². The molecule has 0 unspecified atom stereocenters. The molecule has 0 spiro atoms. The molecular weight excluding hydrogens is 342 g/mol. The number of anilines is 2. The van der Waals surface area contributed by atoms with Gasteiger partial charge >= 0.3 is 0 Å². The van der Waals surface area contributed by atoms with Crippen molar-refractivity contribution in [3.63, 3.8) is 0 Å². The van der Waals surface area contributed by atoms with E-state index in [1.165, 1.54) is 0 Å². The molecule has 7 nitrogen and oxygen atoms in total. The average Bonchev–Trinajstić information content (AvgIpc) is 3.23. The fraction of sp³-hybridized carbons (Fsp3) is 0.150. The summed E-state index contributed by atoms with van der Waals surface area (Å²) in [6.07, 6.45) is -0.278. The molecule has 2 aromatic carbocycles. The molecule has 27 heavy (non-hydrogen) atoms. The first-order valence-electron chi connectivity index (χ1n) is 8.43. The minimum atomic E-state index is -0.278. The summed E-state index contributed by atoms with van der Waals surface area (Å²) in [5.74, 6) is 0.119. The maximum atomic E-state index is 9.33. The molecule has 3 aromatic rings.